The fraction of sp³-hybridized carbons (Fsp3) is 0.615. The van der Waals surface area contributed by atoms with Crippen molar-refractivity contribution in [3.8, 4) is 0 Å². The summed E-state index contributed by atoms with van der Waals surface area (Å²) < 4.78 is 33.0. The molecule has 32 heavy (non-hydrogen) atoms. The van der Waals surface area contributed by atoms with E-state index in [1.165, 1.54) is 0 Å². The van der Waals surface area contributed by atoms with Crippen LogP contribution in [0.25, 0.3) is 11.1 Å². The van der Waals surface area contributed by atoms with Gasteiger partial charge in [-0.2, -0.15) is 0 Å². The summed E-state index contributed by atoms with van der Waals surface area (Å²) in [5, 5.41) is 0. The van der Waals surface area contributed by atoms with Crippen LogP contribution in [0, 0.1) is 0 Å². The Bertz CT molecular complexity index is 590. The normalized spacial score (nSPS) is 12.2. The van der Waals surface area contributed by atoms with Gasteiger partial charge in [-0.3, -0.25) is 0 Å². The van der Waals surface area contributed by atoms with E-state index in [0.717, 1.165) is 48.3 Å². The molecule has 6 nitrogen and oxygen atoms in total. The van der Waals surface area contributed by atoms with E-state index in [1.807, 2.05) is 19.9 Å². The van der Waals surface area contributed by atoms with Crippen LogP contribution < -0.4 is 0 Å². The third-order valence-corrected chi connectivity index (χ3v) is 4.43. The number of hydrogen-bond acceptors (Lipinski definition) is 6. The summed E-state index contributed by atoms with van der Waals surface area (Å²) in [5.74, 6) is 0. The molecule has 0 aliphatic heterocycles. The predicted octanol–water partition coefficient (Wildman–Crippen LogP) is 5.33. The standard InChI is InChI=1S/C26H42O6/c1-5-10-27-12-14-29-16-18-31-21-23(3)25-8-7-9-26(20-25)24(4)22-32-19-17-30-15-13-28-11-6-2/h7-9,20-22H,5-6,10-19H2,1-4H3. The average molecular weight is 451 g/mol. The van der Waals surface area contributed by atoms with E-state index in [-0.39, 0.29) is 0 Å². The Balaban J connectivity index is 2.29. The summed E-state index contributed by atoms with van der Waals surface area (Å²) in [6, 6.07) is 8.32. The molecular weight excluding hydrogens is 408 g/mol. The molecule has 0 amide bonds. The van der Waals surface area contributed by atoms with Crippen molar-refractivity contribution in [1.82, 2.24) is 0 Å². The van der Waals surface area contributed by atoms with Gasteiger partial charge in [-0.1, -0.05) is 32.0 Å². The minimum atomic E-state index is 0.518. The van der Waals surface area contributed by atoms with Gasteiger partial charge < -0.3 is 28.4 Å². The topological polar surface area (TPSA) is 55.4 Å². The van der Waals surface area contributed by atoms with Crippen LogP contribution in [0.4, 0.5) is 0 Å². The minimum absolute atomic E-state index is 0.518. The predicted molar refractivity (Wildman–Crippen MR) is 130 cm³/mol. The van der Waals surface area contributed by atoms with Gasteiger partial charge in [-0.05, 0) is 55.0 Å². The van der Waals surface area contributed by atoms with E-state index >= 15 is 0 Å². The molecule has 1 aromatic carbocycles. The van der Waals surface area contributed by atoms with Crippen LogP contribution >= 0.6 is 0 Å². The molecular formula is C26H42O6. The van der Waals surface area contributed by atoms with Gasteiger partial charge in [-0.15, -0.1) is 0 Å². The molecule has 0 spiro atoms. The number of allylic oxidation sites excluding steroid dienone is 2. The third kappa shape index (κ3) is 14.2. The maximum atomic E-state index is 5.62. The molecule has 0 aliphatic rings. The SMILES string of the molecule is CCCOCCOCCOC=C(C)c1cccc(C(C)=COCCOCCOCCC)c1. The van der Waals surface area contributed by atoms with Crippen LogP contribution in [-0.2, 0) is 28.4 Å². The van der Waals surface area contributed by atoms with E-state index in [0.29, 0.717) is 52.9 Å². The molecule has 0 saturated heterocycles. The van der Waals surface area contributed by atoms with Crippen molar-refractivity contribution < 1.29 is 28.4 Å². The van der Waals surface area contributed by atoms with Crippen LogP contribution in [0.3, 0.4) is 0 Å². The largest absolute Gasteiger partial charge is 0.498 e. The molecule has 0 bridgehead atoms. The molecule has 182 valence electrons. The number of benzene rings is 1. The van der Waals surface area contributed by atoms with Gasteiger partial charge in [0.25, 0.3) is 0 Å². The van der Waals surface area contributed by atoms with Gasteiger partial charge in [0.1, 0.15) is 13.2 Å². The highest BCUT2D eigenvalue weighted by Gasteiger charge is 2.01. The molecule has 0 unspecified atom stereocenters. The van der Waals surface area contributed by atoms with E-state index in [1.54, 1.807) is 12.5 Å². The molecule has 0 aliphatic carbocycles. The van der Waals surface area contributed by atoms with Gasteiger partial charge >= 0.3 is 0 Å². The zero-order valence-corrected chi connectivity index (χ0v) is 20.4. The molecule has 0 fully saturated rings. The molecule has 6 heteroatoms. The van der Waals surface area contributed by atoms with E-state index < -0.39 is 0 Å². The first-order valence-corrected chi connectivity index (χ1v) is 11.7. The van der Waals surface area contributed by atoms with Crippen LogP contribution in [0.1, 0.15) is 51.7 Å². The summed E-state index contributed by atoms with van der Waals surface area (Å²) in [4.78, 5) is 0. The van der Waals surface area contributed by atoms with E-state index in [2.05, 4.69) is 32.0 Å². The lowest BCUT2D eigenvalue weighted by Crippen LogP contribution is -2.08. The average Bonchev–Trinajstić information content (AvgIpc) is 2.81. The summed E-state index contributed by atoms with van der Waals surface area (Å²) in [6.45, 7) is 14.4. The van der Waals surface area contributed by atoms with Crippen molar-refractivity contribution in [2.45, 2.75) is 40.5 Å². The Morgan fingerprint density at radius 2 is 0.969 bits per heavy atom. The first-order chi connectivity index (χ1) is 15.7. The lowest BCUT2D eigenvalue weighted by Gasteiger charge is -2.09. The summed E-state index contributed by atoms with van der Waals surface area (Å²) in [7, 11) is 0. The maximum Gasteiger partial charge on any atom is 0.111 e. The smallest absolute Gasteiger partial charge is 0.111 e. The summed E-state index contributed by atoms with van der Waals surface area (Å²) in [6.07, 6.45) is 5.63. The van der Waals surface area contributed by atoms with Crippen LogP contribution in [0.2, 0.25) is 0 Å². The Labute approximate surface area is 194 Å². The second-order valence-electron chi connectivity index (χ2n) is 7.37. The van der Waals surface area contributed by atoms with Crippen LogP contribution in [0.5, 0.6) is 0 Å². The van der Waals surface area contributed by atoms with Gasteiger partial charge in [0.2, 0.25) is 0 Å². The Morgan fingerprint density at radius 3 is 1.38 bits per heavy atom. The molecule has 0 heterocycles. The lowest BCUT2D eigenvalue weighted by molar-refractivity contribution is 0.0309. The van der Waals surface area contributed by atoms with Crippen molar-refractivity contribution >= 4 is 11.1 Å². The fourth-order valence-corrected chi connectivity index (χ4v) is 2.66. The summed E-state index contributed by atoms with van der Waals surface area (Å²) >= 11 is 0. The molecule has 0 N–H and O–H groups in total. The van der Waals surface area contributed by atoms with Crippen molar-refractivity contribution in [3.05, 3.63) is 47.9 Å². The van der Waals surface area contributed by atoms with Crippen molar-refractivity contribution in [3.63, 3.8) is 0 Å². The highest BCUT2D eigenvalue weighted by molar-refractivity contribution is 5.70. The Hall–Kier alpha value is -1.86. The molecule has 1 aromatic rings. The monoisotopic (exact) mass is 450 g/mol. The zero-order valence-electron chi connectivity index (χ0n) is 20.4. The van der Waals surface area contributed by atoms with Gasteiger partial charge in [-0.25, -0.2) is 0 Å². The second kappa shape index (κ2) is 19.8. The molecule has 1 rings (SSSR count). The number of rotatable bonds is 20. The first kappa shape index (κ1) is 28.2. The van der Waals surface area contributed by atoms with Crippen molar-refractivity contribution in [2.24, 2.45) is 0 Å². The molecule has 0 aromatic heterocycles. The summed E-state index contributed by atoms with van der Waals surface area (Å²) in [5.41, 5.74) is 4.34. The fourth-order valence-electron chi connectivity index (χ4n) is 2.66. The second-order valence-corrected chi connectivity index (χ2v) is 7.37. The highest BCUT2D eigenvalue weighted by Crippen LogP contribution is 2.20. The minimum Gasteiger partial charge on any atom is -0.498 e. The van der Waals surface area contributed by atoms with Crippen molar-refractivity contribution in [2.75, 3.05) is 66.1 Å². The van der Waals surface area contributed by atoms with Crippen LogP contribution in [-0.4, -0.2) is 66.1 Å². The maximum absolute atomic E-state index is 5.62. The van der Waals surface area contributed by atoms with Crippen molar-refractivity contribution in [1.29, 1.82) is 0 Å². The highest BCUT2D eigenvalue weighted by atomic mass is 16.5. The van der Waals surface area contributed by atoms with Gasteiger partial charge in [0, 0.05) is 13.2 Å². The van der Waals surface area contributed by atoms with Gasteiger partial charge in [0.15, 0.2) is 0 Å². The Kier molecular flexibility index (Phi) is 17.4. The molecule has 0 saturated carbocycles. The number of hydrogen-bond donors (Lipinski definition) is 0. The Morgan fingerprint density at radius 1 is 0.594 bits per heavy atom. The molecule has 0 radical (unpaired) electrons. The van der Waals surface area contributed by atoms with E-state index in [4.69, 9.17) is 28.4 Å². The van der Waals surface area contributed by atoms with Crippen LogP contribution in [0.15, 0.2) is 36.8 Å². The third-order valence-electron chi connectivity index (χ3n) is 4.43. The first-order valence-electron chi connectivity index (χ1n) is 11.7. The van der Waals surface area contributed by atoms with Gasteiger partial charge in [0.05, 0.1) is 52.2 Å². The number of ether oxygens (including phenoxy) is 6. The quantitative estimate of drug-likeness (QED) is 0.198. The zero-order chi connectivity index (χ0) is 23.3. The van der Waals surface area contributed by atoms with E-state index in [9.17, 15) is 0 Å². The lowest BCUT2D eigenvalue weighted by atomic mass is 10.0. The molecule has 0 atom stereocenters.